The number of fused-ring (bicyclic) bond motifs is 5. The van der Waals surface area contributed by atoms with E-state index in [9.17, 15) is 9.59 Å². The number of hydrogen-bond acceptors (Lipinski definition) is 2. The van der Waals surface area contributed by atoms with Crippen LogP contribution in [0.15, 0.2) is 54.1 Å². The zero-order valence-electron chi connectivity index (χ0n) is 18.7. The number of aromatic nitrogens is 1. The Kier molecular flexibility index (Phi) is 4.37. The maximum atomic E-state index is 12.9. The molecular formula is C26H21N3O2Se2. The van der Waals surface area contributed by atoms with Gasteiger partial charge in [-0.2, -0.15) is 0 Å². The Bertz CT molecular complexity index is 1560. The SMILES string of the molecule is CN1C(=O)C(=Cc2cc3c([se]2)-n2c4ccccc4c4cccc(c42)C3(C)C)C(=O)N(C)C1=[Se]. The molecule has 164 valence electrons. The van der Waals surface area contributed by atoms with Gasteiger partial charge in [-0.15, -0.1) is 0 Å². The predicted octanol–water partition coefficient (Wildman–Crippen LogP) is 3.05. The molecule has 0 spiro atoms. The van der Waals surface area contributed by atoms with E-state index in [0.717, 1.165) is 4.44 Å². The third-order valence-electron chi connectivity index (χ3n) is 6.91. The minimum absolute atomic E-state index is 0.0398. The van der Waals surface area contributed by atoms with Gasteiger partial charge in [-0.25, -0.2) is 0 Å². The van der Waals surface area contributed by atoms with Gasteiger partial charge >= 0.3 is 206 Å². The number of likely N-dealkylation sites (N-methyl/N-ethyl adjacent to an activating group) is 2. The summed E-state index contributed by atoms with van der Waals surface area (Å²) in [6, 6.07) is 17.3. The van der Waals surface area contributed by atoms with Crippen LogP contribution in [0.4, 0.5) is 0 Å². The van der Waals surface area contributed by atoms with E-state index >= 15 is 0 Å². The second-order valence-corrected chi connectivity index (χ2v) is 12.1. The molecule has 2 aromatic heterocycles. The third kappa shape index (κ3) is 2.68. The van der Waals surface area contributed by atoms with Crippen molar-refractivity contribution in [2.75, 3.05) is 14.1 Å². The molecule has 1 fully saturated rings. The van der Waals surface area contributed by atoms with Crippen LogP contribution in [-0.4, -0.2) is 75.0 Å². The average molecular weight is 565 g/mol. The number of nitrogens with zero attached hydrogens (tertiary/aromatic N) is 3. The van der Waals surface area contributed by atoms with Crippen LogP contribution in [0.2, 0.25) is 0 Å². The van der Waals surface area contributed by atoms with Gasteiger partial charge in [0.15, 0.2) is 0 Å². The van der Waals surface area contributed by atoms with Gasteiger partial charge in [0.25, 0.3) is 0 Å². The Hall–Kier alpha value is -2.69. The average Bonchev–Trinajstić information content (AvgIpc) is 3.38. The van der Waals surface area contributed by atoms with E-state index in [4.69, 9.17) is 0 Å². The zero-order chi connectivity index (χ0) is 23.2. The molecule has 5 nitrogen and oxygen atoms in total. The zero-order valence-corrected chi connectivity index (χ0v) is 22.1. The van der Waals surface area contributed by atoms with Crippen molar-refractivity contribution in [1.82, 2.24) is 14.4 Å². The van der Waals surface area contributed by atoms with Crippen molar-refractivity contribution in [3.05, 3.63) is 69.7 Å². The molecule has 0 N–H and O–H groups in total. The van der Waals surface area contributed by atoms with Crippen LogP contribution in [0.5, 0.6) is 0 Å². The molecule has 0 atom stereocenters. The molecule has 0 saturated carbocycles. The Balaban J connectivity index is 1.62. The summed E-state index contributed by atoms with van der Waals surface area (Å²) in [5, 5.41) is 2.53. The number of para-hydroxylation sites is 2. The number of rotatable bonds is 1. The fraction of sp³-hybridized carbons (Fsp3) is 0.192. The number of amides is 2. The molecule has 33 heavy (non-hydrogen) atoms. The van der Waals surface area contributed by atoms with E-state index in [-0.39, 0.29) is 37.3 Å². The molecule has 2 amide bonds. The molecule has 2 aromatic carbocycles. The van der Waals surface area contributed by atoms with E-state index in [1.54, 1.807) is 14.1 Å². The molecule has 0 unspecified atom stereocenters. The molecule has 0 aliphatic carbocycles. The van der Waals surface area contributed by atoms with Crippen molar-refractivity contribution in [2.45, 2.75) is 19.3 Å². The summed E-state index contributed by atoms with van der Waals surface area (Å²) >= 11 is 2.78. The second kappa shape index (κ2) is 6.91. The van der Waals surface area contributed by atoms with Crippen molar-refractivity contribution < 1.29 is 9.59 Å². The van der Waals surface area contributed by atoms with Gasteiger partial charge in [0.1, 0.15) is 0 Å². The van der Waals surface area contributed by atoms with Gasteiger partial charge in [0.2, 0.25) is 0 Å². The van der Waals surface area contributed by atoms with E-state index in [1.807, 2.05) is 6.08 Å². The first-order valence-corrected chi connectivity index (χ1v) is 13.3. The predicted molar refractivity (Wildman–Crippen MR) is 134 cm³/mol. The summed E-state index contributed by atoms with van der Waals surface area (Å²) in [4.78, 5) is 28.8. The van der Waals surface area contributed by atoms with Gasteiger partial charge in [0, 0.05) is 0 Å². The van der Waals surface area contributed by atoms with Crippen molar-refractivity contribution in [3.63, 3.8) is 0 Å². The molecule has 4 aromatic rings. The molecule has 1 saturated heterocycles. The fourth-order valence-corrected chi connectivity index (χ4v) is 8.12. The number of carbonyl (C=O) groups excluding carboxylic acids is 2. The first-order chi connectivity index (χ1) is 15.7. The van der Waals surface area contributed by atoms with E-state index < -0.39 is 0 Å². The first-order valence-electron chi connectivity index (χ1n) is 10.7. The standard InChI is InChI=1S/C26H21N3O2Se2/c1-26(2)18-10-7-9-16-15-8-5-6-11-20(15)29(21(16)18)24-19(26)13-14(33-24)12-17-22(30)27(3)25(32)28(4)23(17)31/h5-13H,1-4H3. The van der Waals surface area contributed by atoms with Gasteiger partial charge in [-0.05, 0) is 0 Å². The van der Waals surface area contributed by atoms with Crippen molar-refractivity contribution in [2.24, 2.45) is 0 Å². The number of carbonyl (C=O) groups is 2. The van der Waals surface area contributed by atoms with Crippen LogP contribution in [0.3, 0.4) is 0 Å². The topological polar surface area (TPSA) is 45.6 Å². The quantitative estimate of drug-likeness (QED) is 0.203. The molecule has 6 rings (SSSR count). The fourth-order valence-electron chi connectivity index (χ4n) is 5.08. The van der Waals surface area contributed by atoms with Crippen molar-refractivity contribution in [3.8, 4) is 4.56 Å². The normalized spacial score (nSPS) is 17.3. The Labute approximate surface area is 205 Å². The summed E-state index contributed by atoms with van der Waals surface area (Å²) in [5.74, 6) is -0.547. The summed E-state index contributed by atoms with van der Waals surface area (Å²) in [5.41, 5.74) is 5.10. The minimum atomic E-state index is -0.273. The molecule has 7 heteroatoms. The summed E-state index contributed by atoms with van der Waals surface area (Å²) in [6.45, 7) is 4.54. The molecule has 4 heterocycles. The molecule has 0 radical (unpaired) electrons. The Morgan fingerprint density at radius 2 is 1.58 bits per heavy atom. The second-order valence-electron chi connectivity index (χ2n) is 9.12. The van der Waals surface area contributed by atoms with Gasteiger partial charge in [-0.1, -0.05) is 0 Å². The van der Waals surface area contributed by atoms with E-state index in [0.29, 0.717) is 4.67 Å². The van der Waals surface area contributed by atoms with Gasteiger partial charge in [-0.3, -0.25) is 0 Å². The molecular weight excluding hydrogens is 544 g/mol. The number of benzene rings is 2. The van der Waals surface area contributed by atoms with Crippen molar-refractivity contribution in [1.29, 1.82) is 0 Å². The summed E-state index contributed by atoms with van der Waals surface area (Å²) in [6.07, 6.45) is 1.81. The third-order valence-corrected chi connectivity index (χ3v) is 10.3. The Morgan fingerprint density at radius 3 is 2.30 bits per heavy atom. The van der Waals surface area contributed by atoms with Crippen molar-refractivity contribution >= 4 is 74.4 Å². The molecule has 0 bridgehead atoms. The number of hydrogen-bond donors (Lipinski definition) is 0. The first kappa shape index (κ1) is 20.9. The Morgan fingerprint density at radius 1 is 0.909 bits per heavy atom. The van der Waals surface area contributed by atoms with Crippen LogP contribution in [-0.2, 0) is 15.0 Å². The van der Waals surface area contributed by atoms with Gasteiger partial charge in [0.05, 0.1) is 0 Å². The van der Waals surface area contributed by atoms with Crippen LogP contribution >= 0.6 is 0 Å². The van der Waals surface area contributed by atoms with Crippen LogP contribution in [0, 0.1) is 0 Å². The summed E-state index contributed by atoms with van der Waals surface area (Å²) in [7, 11) is 3.37. The van der Waals surface area contributed by atoms with E-state index in [1.165, 1.54) is 47.3 Å². The van der Waals surface area contributed by atoms with Crippen LogP contribution in [0.1, 0.15) is 29.4 Å². The molecule has 2 aliphatic heterocycles. The van der Waals surface area contributed by atoms with Gasteiger partial charge < -0.3 is 0 Å². The summed E-state index contributed by atoms with van der Waals surface area (Å²) < 4.78 is 5.26. The maximum absolute atomic E-state index is 12.9. The monoisotopic (exact) mass is 567 g/mol. The van der Waals surface area contributed by atoms with E-state index in [2.05, 4.69) is 82.5 Å². The van der Waals surface area contributed by atoms with Crippen LogP contribution < -0.4 is 0 Å². The van der Waals surface area contributed by atoms with Crippen LogP contribution in [0.25, 0.3) is 32.4 Å². The molecule has 2 aliphatic rings.